The number of aryl methyl sites for hydroxylation is 1. The highest BCUT2D eigenvalue weighted by Gasteiger charge is 2.39. The molecule has 2 heterocycles. The number of likely N-dealkylation sites (tertiary alicyclic amines) is 2. The normalized spacial score (nSPS) is 22.7. The largest absolute Gasteiger partial charge is 0.480 e. The van der Waals surface area contributed by atoms with Gasteiger partial charge in [-0.2, -0.15) is 0 Å². The van der Waals surface area contributed by atoms with Gasteiger partial charge in [0.1, 0.15) is 6.04 Å². The summed E-state index contributed by atoms with van der Waals surface area (Å²) in [7, 11) is 0. The van der Waals surface area contributed by atoms with Crippen LogP contribution in [0.3, 0.4) is 0 Å². The van der Waals surface area contributed by atoms with Gasteiger partial charge in [0.15, 0.2) is 0 Å². The second kappa shape index (κ2) is 6.16. The molecule has 4 heteroatoms. The van der Waals surface area contributed by atoms with Crippen LogP contribution in [0.2, 0.25) is 0 Å². The van der Waals surface area contributed by atoms with Crippen molar-refractivity contribution in [1.29, 1.82) is 0 Å². The van der Waals surface area contributed by atoms with Gasteiger partial charge in [-0.25, -0.2) is 0 Å². The van der Waals surface area contributed by atoms with Crippen molar-refractivity contribution in [2.24, 2.45) is 0 Å². The lowest BCUT2D eigenvalue weighted by Gasteiger charge is -2.48. The lowest BCUT2D eigenvalue weighted by Crippen LogP contribution is -2.61. The van der Waals surface area contributed by atoms with E-state index in [2.05, 4.69) is 9.80 Å². The maximum absolute atomic E-state index is 11.7. The predicted molar refractivity (Wildman–Crippen MR) is 82.3 cm³/mol. The van der Waals surface area contributed by atoms with Crippen LogP contribution < -0.4 is 0 Å². The van der Waals surface area contributed by atoms with Crippen LogP contribution in [0.1, 0.15) is 36.4 Å². The fourth-order valence-electron chi connectivity index (χ4n) is 3.56. The number of carboxylic acid groups (broad SMARTS) is 1. The first-order valence-corrected chi connectivity index (χ1v) is 7.92. The predicted octanol–water partition coefficient (Wildman–Crippen LogP) is 2.29. The van der Waals surface area contributed by atoms with Gasteiger partial charge in [0.05, 0.1) is 0 Å². The molecule has 1 N–H and O–H groups in total. The van der Waals surface area contributed by atoms with Gasteiger partial charge < -0.3 is 5.11 Å². The minimum absolute atomic E-state index is 0.494. The fourth-order valence-corrected chi connectivity index (χ4v) is 3.56. The summed E-state index contributed by atoms with van der Waals surface area (Å²) in [6.07, 6.45) is 3.92. The molecule has 3 rings (SSSR count). The highest BCUT2D eigenvalue weighted by Crippen LogP contribution is 2.29. The summed E-state index contributed by atoms with van der Waals surface area (Å²) < 4.78 is 0. The summed E-state index contributed by atoms with van der Waals surface area (Å²) in [5, 5.41) is 9.59. The summed E-state index contributed by atoms with van der Waals surface area (Å²) in [5.41, 5.74) is 2.02. The lowest BCUT2D eigenvalue weighted by molar-refractivity contribution is -0.147. The summed E-state index contributed by atoms with van der Waals surface area (Å²) in [6.45, 7) is 6.13. The molecule has 2 aliphatic rings. The van der Waals surface area contributed by atoms with E-state index >= 15 is 0 Å². The van der Waals surface area contributed by atoms with Crippen molar-refractivity contribution in [3.63, 3.8) is 0 Å². The molecule has 4 nitrogen and oxygen atoms in total. The monoisotopic (exact) mass is 288 g/mol. The SMILES string of the molecule is Cc1cccc(C(C(=O)O)N2CC(N3CCCCC3)C2)c1. The topological polar surface area (TPSA) is 43.8 Å². The Hall–Kier alpha value is -1.39. The minimum Gasteiger partial charge on any atom is -0.480 e. The maximum Gasteiger partial charge on any atom is 0.325 e. The van der Waals surface area contributed by atoms with Gasteiger partial charge in [-0.3, -0.25) is 14.6 Å². The molecule has 0 amide bonds. The van der Waals surface area contributed by atoms with E-state index in [9.17, 15) is 9.90 Å². The molecule has 0 bridgehead atoms. The quantitative estimate of drug-likeness (QED) is 0.923. The van der Waals surface area contributed by atoms with Gasteiger partial charge in [-0.1, -0.05) is 36.2 Å². The summed E-state index contributed by atoms with van der Waals surface area (Å²) >= 11 is 0. The average molecular weight is 288 g/mol. The zero-order valence-electron chi connectivity index (χ0n) is 12.7. The van der Waals surface area contributed by atoms with Crippen LogP contribution in [0.5, 0.6) is 0 Å². The van der Waals surface area contributed by atoms with Gasteiger partial charge in [-0.15, -0.1) is 0 Å². The average Bonchev–Trinajstić information content (AvgIpc) is 2.42. The van der Waals surface area contributed by atoms with E-state index in [-0.39, 0.29) is 0 Å². The van der Waals surface area contributed by atoms with Crippen molar-refractivity contribution in [2.75, 3.05) is 26.2 Å². The van der Waals surface area contributed by atoms with Gasteiger partial charge in [0.25, 0.3) is 0 Å². The first kappa shape index (κ1) is 14.5. The Morgan fingerprint density at radius 2 is 1.95 bits per heavy atom. The van der Waals surface area contributed by atoms with E-state index < -0.39 is 12.0 Å². The Balaban J connectivity index is 1.66. The molecule has 1 aromatic rings. The summed E-state index contributed by atoms with van der Waals surface area (Å²) in [4.78, 5) is 16.3. The number of rotatable bonds is 4. The van der Waals surface area contributed by atoms with E-state index in [0.717, 1.165) is 24.2 Å². The van der Waals surface area contributed by atoms with Crippen molar-refractivity contribution >= 4 is 5.97 Å². The molecule has 1 unspecified atom stereocenters. The van der Waals surface area contributed by atoms with Crippen molar-refractivity contribution in [3.05, 3.63) is 35.4 Å². The number of carbonyl (C=O) groups is 1. The number of nitrogens with zero attached hydrogens (tertiary/aromatic N) is 2. The van der Waals surface area contributed by atoms with Crippen LogP contribution in [0, 0.1) is 6.92 Å². The molecular weight excluding hydrogens is 264 g/mol. The van der Waals surface area contributed by atoms with Gasteiger partial charge >= 0.3 is 5.97 Å². The second-order valence-corrected chi connectivity index (χ2v) is 6.36. The molecular formula is C17H24N2O2. The van der Waals surface area contributed by atoms with E-state index in [1.807, 2.05) is 31.2 Å². The third kappa shape index (κ3) is 3.11. The van der Waals surface area contributed by atoms with Gasteiger partial charge in [0, 0.05) is 19.1 Å². The van der Waals surface area contributed by atoms with E-state index in [1.54, 1.807) is 0 Å². The van der Waals surface area contributed by atoms with Crippen molar-refractivity contribution in [3.8, 4) is 0 Å². The first-order valence-electron chi connectivity index (χ1n) is 7.92. The second-order valence-electron chi connectivity index (χ2n) is 6.36. The van der Waals surface area contributed by atoms with E-state index in [4.69, 9.17) is 0 Å². The van der Waals surface area contributed by atoms with Crippen molar-refractivity contribution < 1.29 is 9.90 Å². The summed E-state index contributed by atoms with van der Waals surface area (Å²) in [5.74, 6) is -0.738. The standard InChI is InChI=1S/C17H24N2O2/c1-13-6-5-7-14(10-13)16(17(20)21)19-11-15(12-19)18-8-3-2-4-9-18/h5-7,10,15-16H,2-4,8-9,11-12H2,1H3,(H,20,21). The third-order valence-corrected chi connectivity index (χ3v) is 4.75. The molecule has 1 atom stereocenters. The summed E-state index contributed by atoms with van der Waals surface area (Å²) in [6, 6.07) is 7.94. The van der Waals surface area contributed by atoms with Crippen LogP contribution in [-0.2, 0) is 4.79 Å². The molecule has 0 saturated carbocycles. The highest BCUT2D eigenvalue weighted by atomic mass is 16.4. The Morgan fingerprint density at radius 3 is 2.57 bits per heavy atom. The molecule has 21 heavy (non-hydrogen) atoms. The Labute approximate surface area is 126 Å². The highest BCUT2D eigenvalue weighted by molar-refractivity contribution is 5.75. The lowest BCUT2D eigenvalue weighted by atomic mass is 9.96. The molecule has 0 radical (unpaired) electrons. The van der Waals surface area contributed by atoms with Gasteiger partial charge in [0.2, 0.25) is 0 Å². The van der Waals surface area contributed by atoms with Crippen LogP contribution in [-0.4, -0.2) is 53.1 Å². The van der Waals surface area contributed by atoms with Crippen LogP contribution in [0.15, 0.2) is 24.3 Å². The molecule has 0 aromatic heterocycles. The Morgan fingerprint density at radius 1 is 1.24 bits per heavy atom. The molecule has 2 aliphatic heterocycles. The molecule has 0 spiro atoms. The molecule has 2 saturated heterocycles. The maximum atomic E-state index is 11.7. The Kier molecular flexibility index (Phi) is 4.27. The van der Waals surface area contributed by atoms with Crippen LogP contribution in [0.25, 0.3) is 0 Å². The number of benzene rings is 1. The molecule has 114 valence electrons. The van der Waals surface area contributed by atoms with Crippen molar-refractivity contribution in [1.82, 2.24) is 9.80 Å². The molecule has 1 aromatic carbocycles. The number of carboxylic acids is 1. The van der Waals surface area contributed by atoms with Crippen LogP contribution in [0.4, 0.5) is 0 Å². The molecule has 0 aliphatic carbocycles. The third-order valence-electron chi connectivity index (χ3n) is 4.75. The van der Waals surface area contributed by atoms with E-state index in [1.165, 1.54) is 32.4 Å². The molecule has 2 fully saturated rings. The van der Waals surface area contributed by atoms with Crippen LogP contribution >= 0.6 is 0 Å². The number of piperidine rings is 1. The first-order chi connectivity index (χ1) is 10.1. The van der Waals surface area contributed by atoms with Crippen molar-refractivity contribution in [2.45, 2.75) is 38.3 Å². The Bertz CT molecular complexity index is 505. The zero-order chi connectivity index (χ0) is 14.8. The number of hydrogen-bond acceptors (Lipinski definition) is 3. The smallest absolute Gasteiger partial charge is 0.325 e. The van der Waals surface area contributed by atoms with E-state index in [0.29, 0.717) is 6.04 Å². The minimum atomic E-state index is -0.738. The number of aliphatic carboxylic acids is 1. The number of hydrogen-bond donors (Lipinski definition) is 1. The van der Waals surface area contributed by atoms with Gasteiger partial charge in [-0.05, 0) is 38.4 Å². The fraction of sp³-hybridized carbons (Fsp3) is 0.588. The zero-order valence-corrected chi connectivity index (χ0v) is 12.7.